The first-order valence-corrected chi connectivity index (χ1v) is 16.7. The van der Waals surface area contributed by atoms with Crippen LogP contribution in [0.2, 0.25) is 20.1 Å². The lowest BCUT2D eigenvalue weighted by Gasteiger charge is -2.22. The van der Waals surface area contributed by atoms with Gasteiger partial charge in [0.1, 0.15) is 11.5 Å². The lowest BCUT2D eigenvalue weighted by Crippen LogP contribution is -2.28. The van der Waals surface area contributed by atoms with Crippen LogP contribution >= 0.6 is 46.4 Å². The summed E-state index contributed by atoms with van der Waals surface area (Å²) in [7, 11) is 0. The number of halogens is 4. The van der Waals surface area contributed by atoms with E-state index in [2.05, 4.69) is 17.3 Å². The zero-order valence-electron chi connectivity index (χ0n) is 25.2. The van der Waals surface area contributed by atoms with Crippen molar-refractivity contribution in [2.24, 2.45) is 0 Å². The molecule has 0 aliphatic heterocycles. The van der Waals surface area contributed by atoms with Gasteiger partial charge in [0.05, 0.1) is 27.4 Å². The van der Waals surface area contributed by atoms with Crippen LogP contribution in [0.5, 0.6) is 0 Å². The van der Waals surface area contributed by atoms with Crippen LogP contribution in [0.15, 0.2) is 41.2 Å². The predicted octanol–water partition coefficient (Wildman–Crippen LogP) is 10.7. The van der Waals surface area contributed by atoms with Crippen molar-refractivity contribution >= 4 is 75.6 Å². The molecule has 0 fully saturated rings. The number of carbonyl (C=O) groups excluding carboxylic acids is 2. The highest BCUT2D eigenvalue weighted by Crippen LogP contribution is 2.36. The molecule has 3 aromatic rings. The number of nitrogens with one attached hydrogen (secondary N) is 2. The zero-order chi connectivity index (χ0) is 32.1. The number of anilines is 3. The molecule has 2 aromatic carbocycles. The van der Waals surface area contributed by atoms with Crippen molar-refractivity contribution in [3.05, 3.63) is 66.8 Å². The fraction of sp³-hybridized carbons (Fsp3) is 0.469. The highest BCUT2D eigenvalue weighted by atomic mass is 35.5. The first-order valence-electron chi connectivity index (χ1n) is 15.2. The molecule has 1 heterocycles. The van der Waals surface area contributed by atoms with Crippen molar-refractivity contribution in [2.45, 2.75) is 90.9 Å². The number of unbranched alkanes of at least 4 members (excludes halogenated alkanes) is 10. The summed E-state index contributed by atoms with van der Waals surface area (Å²) in [5.74, 6) is -0.0923. The van der Waals surface area contributed by atoms with E-state index in [4.69, 9.17) is 51.1 Å². The van der Waals surface area contributed by atoms with Crippen molar-refractivity contribution in [1.82, 2.24) is 9.78 Å². The maximum absolute atomic E-state index is 13.1. The number of carbonyl (C=O) groups is 2. The van der Waals surface area contributed by atoms with Crippen LogP contribution in [0.4, 0.5) is 22.0 Å². The Morgan fingerprint density at radius 2 is 1.41 bits per heavy atom. The summed E-state index contributed by atoms with van der Waals surface area (Å²) in [6.45, 7) is 3.96. The van der Waals surface area contributed by atoms with Crippen LogP contribution < -0.4 is 15.8 Å². The fourth-order valence-electron chi connectivity index (χ4n) is 4.86. The smallest absolute Gasteiger partial charge is 0.420 e. The van der Waals surface area contributed by atoms with Crippen LogP contribution in [0.1, 0.15) is 90.9 Å². The molecule has 12 heteroatoms. The van der Waals surface area contributed by atoms with Gasteiger partial charge in [0, 0.05) is 23.2 Å². The van der Waals surface area contributed by atoms with Crippen LogP contribution in [-0.4, -0.2) is 28.4 Å². The van der Waals surface area contributed by atoms with E-state index in [1.54, 1.807) is 25.1 Å². The van der Waals surface area contributed by atoms with Gasteiger partial charge in [-0.2, -0.15) is 0 Å². The number of ether oxygens (including phenoxy) is 1. The Balaban J connectivity index is 1.68. The number of aromatic nitrogens is 2. The molecule has 0 aliphatic rings. The Labute approximate surface area is 278 Å². The average molecular weight is 687 g/mol. The molecule has 0 saturated carbocycles. The molecule has 8 nitrogen and oxygen atoms in total. The van der Waals surface area contributed by atoms with Crippen molar-refractivity contribution in [1.29, 1.82) is 0 Å². The molecule has 0 spiro atoms. The summed E-state index contributed by atoms with van der Waals surface area (Å²) >= 11 is 25.2. The van der Waals surface area contributed by atoms with Gasteiger partial charge in [-0.15, -0.1) is 0 Å². The third-order valence-electron chi connectivity index (χ3n) is 7.08. The molecule has 2 N–H and O–H groups in total. The first-order chi connectivity index (χ1) is 21.2. The van der Waals surface area contributed by atoms with Crippen LogP contribution in [0.25, 0.3) is 5.69 Å². The lowest BCUT2D eigenvalue weighted by molar-refractivity contribution is -0.116. The molecule has 0 bridgehead atoms. The second kappa shape index (κ2) is 18.4. The van der Waals surface area contributed by atoms with Crippen molar-refractivity contribution in [3.8, 4) is 5.69 Å². The molecular formula is C32H40Cl4N4O4. The summed E-state index contributed by atoms with van der Waals surface area (Å²) in [6, 6.07) is 8.83. The second-order valence-electron chi connectivity index (χ2n) is 10.6. The molecule has 0 unspecified atom stereocenters. The third kappa shape index (κ3) is 10.5. The lowest BCUT2D eigenvalue weighted by atomic mass is 10.1. The van der Waals surface area contributed by atoms with Gasteiger partial charge in [-0.05, 0) is 43.7 Å². The Morgan fingerprint density at radius 3 is 2.00 bits per heavy atom. The van der Waals surface area contributed by atoms with Crippen LogP contribution in [-0.2, 0) is 9.53 Å². The minimum Gasteiger partial charge on any atom is -0.449 e. The number of nitrogens with zero attached hydrogens (tertiary/aromatic N) is 2. The van der Waals surface area contributed by atoms with Crippen LogP contribution in [0, 0.1) is 0 Å². The Morgan fingerprint density at radius 1 is 0.818 bits per heavy atom. The summed E-state index contributed by atoms with van der Waals surface area (Å²) in [5, 5.41) is 6.48. The summed E-state index contributed by atoms with van der Waals surface area (Å²) in [5.41, 5.74) is 0.247. The van der Waals surface area contributed by atoms with E-state index >= 15 is 0 Å². The maximum Gasteiger partial charge on any atom is 0.420 e. The molecule has 1 aromatic heterocycles. The van der Waals surface area contributed by atoms with Crippen molar-refractivity contribution < 1.29 is 14.3 Å². The number of amides is 2. The highest BCUT2D eigenvalue weighted by Gasteiger charge is 2.26. The zero-order valence-corrected chi connectivity index (χ0v) is 28.2. The predicted molar refractivity (Wildman–Crippen MR) is 182 cm³/mol. The van der Waals surface area contributed by atoms with E-state index < -0.39 is 11.7 Å². The van der Waals surface area contributed by atoms with Gasteiger partial charge < -0.3 is 10.1 Å². The molecule has 3 rings (SSSR count). The van der Waals surface area contributed by atoms with Crippen LogP contribution in [0.3, 0.4) is 0 Å². The Hall–Kier alpha value is -2.65. The van der Waals surface area contributed by atoms with E-state index in [-0.39, 0.29) is 44.8 Å². The standard InChI is InChI=1S/C32H40Cl4N4O4/c1-3-5-6-7-8-9-10-11-12-13-14-15-29(41)37-23-16-17-24(34)27(20-23)39(32(43)44-4-2)28-21-30(42)40(38-28)31-25(35)18-22(33)19-26(31)36/h16-21,38H,3-15H2,1-2H3,(H,37,41). The van der Waals surface area contributed by atoms with E-state index in [0.29, 0.717) is 17.1 Å². The normalized spacial score (nSPS) is 11.0. The maximum atomic E-state index is 13.1. The molecule has 0 atom stereocenters. The number of benzene rings is 2. The minimum absolute atomic E-state index is 0.0434. The van der Waals surface area contributed by atoms with E-state index in [1.165, 1.54) is 69.6 Å². The number of hydrogen-bond acceptors (Lipinski definition) is 4. The van der Waals surface area contributed by atoms with E-state index in [1.807, 2.05) is 0 Å². The van der Waals surface area contributed by atoms with Gasteiger partial charge >= 0.3 is 6.09 Å². The van der Waals surface area contributed by atoms with E-state index in [9.17, 15) is 14.4 Å². The molecule has 0 saturated heterocycles. The van der Waals surface area contributed by atoms with Crippen molar-refractivity contribution in [2.75, 3.05) is 16.8 Å². The molecule has 2 amide bonds. The molecule has 240 valence electrons. The second-order valence-corrected chi connectivity index (χ2v) is 12.2. The topological polar surface area (TPSA) is 96.4 Å². The fourth-order valence-corrected chi connectivity index (χ4v) is 6.05. The van der Waals surface area contributed by atoms with Gasteiger partial charge in [-0.3, -0.25) is 14.7 Å². The Kier molecular flexibility index (Phi) is 14.9. The number of aromatic amines is 1. The first kappa shape index (κ1) is 35.8. The quantitative estimate of drug-likeness (QED) is 0.138. The monoisotopic (exact) mass is 684 g/mol. The van der Waals surface area contributed by atoms with Gasteiger partial charge in [0.15, 0.2) is 0 Å². The molecule has 0 aliphatic carbocycles. The van der Waals surface area contributed by atoms with Gasteiger partial charge in [0.25, 0.3) is 5.56 Å². The van der Waals surface area contributed by atoms with Gasteiger partial charge in [-0.1, -0.05) is 118 Å². The summed E-state index contributed by atoms with van der Waals surface area (Å²) in [6.07, 6.45) is 12.8. The summed E-state index contributed by atoms with van der Waals surface area (Å²) in [4.78, 5) is 40.0. The van der Waals surface area contributed by atoms with Crippen molar-refractivity contribution in [3.63, 3.8) is 0 Å². The SMILES string of the molecule is CCCCCCCCCCCCCC(=O)Nc1ccc(Cl)c(N(C(=O)OCC)c2cc(=O)n(-c3c(Cl)cc(Cl)cc3Cl)[nH]2)c1. The number of H-pyrrole nitrogens is 1. The molecule has 44 heavy (non-hydrogen) atoms. The van der Waals surface area contributed by atoms with E-state index in [0.717, 1.165) is 28.8 Å². The number of rotatable bonds is 17. The average Bonchev–Trinajstić information content (AvgIpc) is 3.33. The number of hydrogen-bond donors (Lipinski definition) is 2. The minimum atomic E-state index is -0.791. The largest absolute Gasteiger partial charge is 0.449 e. The Bertz CT molecular complexity index is 1430. The third-order valence-corrected chi connectivity index (χ3v) is 8.20. The molecule has 0 radical (unpaired) electrons. The highest BCUT2D eigenvalue weighted by molar-refractivity contribution is 6.40. The van der Waals surface area contributed by atoms with Gasteiger partial charge in [-0.25, -0.2) is 14.4 Å². The van der Waals surface area contributed by atoms with Gasteiger partial charge in [0.2, 0.25) is 5.91 Å². The molecular weight excluding hydrogens is 646 g/mol. The summed E-state index contributed by atoms with van der Waals surface area (Å²) < 4.78 is 6.36.